The monoisotopic (exact) mass is 393 g/mol. The van der Waals surface area contributed by atoms with Gasteiger partial charge < -0.3 is 19.0 Å². The molecule has 126 valence electrons. The van der Waals surface area contributed by atoms with E-state index in [9.17, 15) is 19.8 Å². The van der Waals surface area contributed by atoms with Crippen molar-refractivity contribution in [2.45, 2.75) is 13.8 Å². The molecule has 0 saturated carbocycles. The summed E-state index contributed by atoms with van der Waals surface area (Å²) in [6.45, 7) is 2.92. The third kappa shape index (κ3) is 8.08. The summed E-state index contributed by atoms with van der Waals surface area (Å²) in [5.74, 6) is -0.833. The SMILES string of the molecule is Cc1occc(=O)c1[O-].Cc1occc(=O)c1[O-].[Zn+2].c1ccncc1. The van der Waals surface area contributed by atoms with E-state index in [0.717, 1.165) is 12.1 Å². The smallest absolute Gasteiger partial charge is 0.868 e. The van der Waals surface area contributed by atoms with Crippen molar-refractivity contribution >= 4 is 0 Å². The minimum atomic E-state index is -0.558. The van der Waals surface area contributed by atoms with Gasteiger partial charge in [-0.25, -0.2) is 0 Å². The van der Waals surface area contributed by atoms with Crippen molar-refractivity contribution in [2.75, 3.05) is 0 Å². The molecule has 0 amide bonds. The molecule has 3 heterocycles. The molecule has 3 aromatic rings. The van der Waals surface area contributed by atoms with Crippen LogP contribution in [0.5, 0.6) is 11.5 Å². The van der Waals surface area contributed by atoms with E-state index in [1.807, 2.05) is 18.2 Å². The van der Waals surface area contributed by atoms with Crippen LogP contribution in [0.1, 0.15) is 11.5 Å². The fourth-order valence-electron chi connectivity index (χ4n) is 1.31. The van der Waals surface area contributed by atoms with Gasteiger partial charge in [-0.2, -0.15) is 0 Å². The summed E-state index contributed by atoms with van der Waals surface area (Å²) in [4.78, 5) is 24.7. The van der Waals surface area contributed by atoms with E-state index >= 15 is 0 Å². The van der Waals surface area contributed by atoms with Crippen LogP contribution >= 0.6 is 0 Å². The van der Waals surface area contributed by atoms with Crippen LogP contribution in [0.25, 0.3) is 0 Å². The first-order valence-corrected chi connectivity index (χ1v) is 6.79. The van der Waals surface area contributed by atoms with Crippen LogP contribution in [0.4, 0.5) is 0 Å². The maximum atomic E-state index is 10.6. The van der Waals surface area contributed by atoms with Gasteiger partial charge >= 0.3 is 19.5 Å². The molecule has 8 heteroatoms. The second-order valence-corrected chi connectivity index (χ2v) is 4.36. The molecule has 3 rings (SSSR count). The summed E-state index contributed by atoms with van der Waals surface area (Å²) >= 11 is 0. The van der Waals surface area contributed by atoms with Gasteiger partial charge in [-0.3, -0.25) is 14.6 Å². The van der Waals surface area contributed by atoms with Crippen LogP contribution in [-0.2, 0) is 19.5 Å². The first-order valence-electron chi connectivity index (χ1n) is 6.79. The van der Waals surface area contributed by atoms with Crippen molar-refractivity contribution in [2.24, 2.45) is 0 Å². The molecule has 0 bridgehead atoms. The van der Waals surface area contributed by atoms with Crippen molar-refractivity contribution in [3.05, 3.63) is 87.2 Å². The van der Waals surface area contributed by atoms with E-state index in [1.54, 1.807) is 12.4 Å². The van der Waals surface area contributed by atoms with Crippen molar-refractivity contribution in [3.63, 3.8) is 0 Å². The zero-order valence-electron chi connectivity index (χ0n) is 13.8. The Hall–Kier alpha value is -2.73. The molecule has 0 aliphatic heterocycles. The van der Waals surface area contributed by atoms with Gasteiger partial charge in [0.25, 0.3) is 0 Å². The van der Waals surface area contributed by atoms with E-state index < -0.39 is 22.4 Å². The maximum Gasteiger partial charge on any atom is 2.00 e. The number of aryl methyl sites for hydroxylation is 2. The average molecular weight is 395 g/mol. The minimum Gasteiger partial charge on any atom is -0.868 e. The molecule has 0 aliphatic rings. The van der Waals surface area contributed by atoms with Crippen LogP contribution < -0.4 is 21.1 Å². The fraction of sp³-hybridized carbons (Fsp3) is 0.118. The normalized spacial score (nSPS) is 8.72. The summed E-state index contributed by atoms with van der Waals surface area (Å²) < 4.78 is 9.25. The Labute approximate surface area is 156 Å². The third-order valence-corrected chi connectivity index (χ3v) is 2.58. The Bertz CT molecular complexity index is 777. The molecule has 25 heavy (non-hydrogen) atoms. The number of rotatable bonds is 0. The van der Waals surface area contributed by atoms with Crippen LogP contribution in [0.15, 0.2) is 73.7 Å². The van der Waals surface area contributed by atoms with Crippen LogP contribution in [0.3, 0.4) is 0 Å². The molecule has 0 atom stereocenters. The topological polar surface area (TPSA) is 119 Å². The van der Waals surface area contributed by atoms with E-state index in [4.69, 9.17) is 0 Å². The van der Waals surface area contributed by atoms with Gasteiger partial charge in [0, 0.05) is 24.5 Å². The van der Waals surface area contributed by atoms with Gasteiger partial charge in [0.05, 0.1) is 24.0 Å². The molecule has 0 N–H and O–H groups in total. The second-order valence-electron chi connectivity index (χ2n) is 4.36. The summed E-state index contributed by atoms with van der Waals surface area (Å²) in [6.07, 6.45) is 5.91. The molecule has 0 spiro atoms. The average Bonchev–Trinajstić information content (AvgIpc) is 2.60. The Balaban J connectivity index is 0.000000346. The number of hydrogen-bond acceptors (Lipinski definition) is 7. The molecule has 0 radical (unpaired) electrons. The van der Waals surface area contributed by atoms with Gasteiger partial charge in [0.1, 0.15) is 0 Å². The van der Waals surface area contributed by atoms with Crippen molar-refractivity contribution in [1.82, 2.24) is 4.98 Å². The summed E-state index contributed by atoms with van der Waals surface area (Å²) in [5, 5.41) is 21.1. The first kappa shape index (κ1) is 22.3. The third-order valence-electron chi connectivity index (χ3n) is 2.58. The Morgan fingerprint density at radius 2 is 1.20 bits per heavy atom. The fourth-order valence-corrected chi connectivity index (χ4v) is 1.31. The maximum absolute atomic E-state index is 10.6. The molecule has 7 nitrogen and oxygen atoms in total. The predicted molar refractivity (Wildman–Crippen MR) is 82.6 cm³/mol. The standard InChI is InChI=1S/2C6H6O3.C5H5N.Zn/c2*1-4-6(8)5(7)2-3-9-4;1-2-4-6-5-3-1;/h2*2-3,8H,1H3;1-5H;/q;;;+2/p-2. The molecular weight excluding hydrogens is 380 g/mol. The zero-order chi connectivity index (χ0) is 17.9. The van der Waals surface area contributed by atoms with Gasteiger partial charge in [0.15, 0.2) is 10.9 Å². The molecule has 0 fully saturated rings. The first-order chi connectivity index (χ1) is 11.4. The van der Waals surface area contributed by atoms with Gasteiger partial charge in [-0.05, 0) is 37.5 Å². The molecule has 0 unspecified atom stereocenters. The Kier molecular flexibility index (Phi) is 10.5. The molecule has 0 saturated heterocycles. The number of hydrogen-bond donors (Lipinski definition) is 0. The number of aromatic nitrogens is 1. The second kappa shape index (κ2) is 11.8. The summed E-state index contributed by atoms with van der Waals surface area (Å²) in [5.41, 5.74) is -1.03. The molecule has 0 aromatic carbocycles. The predicted octanol–water partition coefficient (Wildman–Crippen LogP) is 1.12. The van der Waals surface area contributed by atoms with Gasteiger partial charge in [-0.1, -0.05) is 6.07 Å². The molecule has 3 aromatic heterocycles. The van der Waals surface area contributed by atoms with Gasteiger partial charge in [0.2, 0.25) is 0 Å². The number of pyridine rings is 1. The van der Waals surface area contributed by atoms with E-state index in [0.29, 0.717) is 0 Å². The van der Waals surface area contributed by atoms with E-state index in [2.05, 4.69) is 13.8 Å². The summed E-state index contributed by atoms with van der Waals surface area (Å²) in [6, 6.07) is 7.93. The Morgan fingerprint density at radius 1 is 0.800 bits per heavy atom. The van der Waals surface area contributed by atoms with Crippen molar-refractivity contribution in [1.29, 1.82) is 0 Å². The van der Waals surface area contributed by atoms with Crippen molar-refractivity contribution < 1.29 is 38.5 Å². The van der Waals surface area contributed by atoms with Crippen LogP contribution in [0.2, 0.25) is 0 Å². The van der Waals surface area contributed by atoms with Crippen molar-refractivity contribution in [3.8, 4) is 11.5 Å². The van der Waals surface area contributed by atoms with E-state index in [1.165, 1.54) is 26.4 Å². The Morgan fingerprint density at radius 3 is 1.40 bits per heavy atom. The van der Waals surface area contributed by atoms with E-state index in [-0.39, 0.29) is 31.0 Å². The quantitative estimate of drug-likeness (QED) is 0.524. The van der Waals surface area contributed by atoms with Gasteiger partial charge in [-0.15, -0.1) is 0 Å². The minimum absolute atomic E-state index is 0. The van der Waals surface area contributed by atoms with Crippen LogP contribution in [-0.4, -0.2) is 4.98 Å². The molecule has 0 aliphatic carbocycles. The molecular formula is C17H15NO6Zn. The number of nitrogens with zero attached hydrogens (tertiary/aromatic N) is 1. The largest absolute Gasteiger partial charge is 2.00 e. The summed E-state index contributed by atoms with van der Waals surface area (Å²) in [7, 11) is 0. The van der Waals surface area contributed by atoms with Crippen LogP contribution in [0, 0.1) is 13.8 Å². The zero-order valence-corrected chi connectivity index (χ0v) is 16.8.